The van der Waals surface area contributed by atoms with Crippen molar-refractivity contribution in [3.8, 4) is 0 Å². The minimum atomic E-state index is -0.726. The topological polar surface area (TPSA) is 99.7 Å². The van der Waals surface area contributed by atoms with Crippen molar-refractivity contribution in [2.24, 2.45) is 16.8 Å². The van der Waals surface area contributed by atoms with Crippen molar-refractivity contribution in [2.45, 2.75) is 70.9 Å². The van der Waals surface area contributed by atoms with Crippen LogP contribution in [0, 0.1) is 5.92 Å². The van der Waals surface area contributed by atoms with E-state index in [2.05, 4.69) is 22.7 Å². The van der Waals surface area contributed by atoms with Crippen LogP contribution in [0.5, 0.6) is 0 Å². The first-order valence-electron chi connectivity index (χ1n) is 7.31. The fourth-order valence-corrected chi connectivity index (χ4v) is 2.71. The molecule has 5 N–H and O–H groups in total. The number of urea groups is 1. The molecule has 2 amide bonds. The largest absolute Gasteiger partial charge is 0.409 e. The Morgan fingerprint density at radius 2 is 1.95 bits per heavy atom. The third kappa shape index (κ3) is 4.28. The molecule has 0 radical (unpaired) electrons. The molecule has 1 aliphatic carbocycles. The Kier molecular flexibility index (Phi) is 5.25. The van der Waals surface area contributed by atoms with Gasteiger partial charge in [-0.25, -0.2) is 4.79 Å². The van der Waals surface area contributed by atoms with Crippen LogP contribution in [0.3, 0.4) is 0 Å². The van der Waals surface area contributed by atoms with E-state index in [1.54, 1.807) is 0 Å². The van der Waals surface area contributed by atoms with Gasteiger partial charge in [-0.3, -0.25) is 0 Å². The number of amidine groups is 1. The van der Waals surface area contributed by atoms with Gasteiger partial charge in [0.05, 0.1) is 0 Å². The molecule has 6 nitrogen and oxygen atoms in total. The molecule has 6 heteroatoms. The number of nitrogens with two attached hydrogens (primary N) is 1. The molecule has 0 aromatic rings. The molecule has 1 fully saturated rings. The molecule has 116 valence electrons. The van der Waals surface area contributed by atoms with E-state index in [-0.39, 0.29) is 17.4 Å². The first kappa shape index (κ1) is 16.6. The molecule has 1 saturated carbocycles. The van der Waals surface area contributed by atoms with Gasteiger partial charge in [0.1, 0.15) is 5.54 Å². The van der Waals surface area contributed by atoms with Crippen molar-refractivity contribution in [1.82, 2.24) is 10.6 Å². The molecule has 0 spiro atoms. The molecule has 0 atom stereocenters. The average Bonchev–Trinajstić information content (AvgIpc) is 2.36. The standard InChI is InChI=1S/C14H28N4O2/c1-5-10-6-8-14(9-7-10,11(15)18-20)17-12(19)16-13(2,3)4/h10,20H,5-9H2,1-4H3,(H2,15,18)(H2,16,17,19). The Hall–Kier alpha value is -1.46. The molecule has 0 bridgehead atoms. The first-order valence-corrected chi connectivity index (χ1v) is 7.31. The molecular weight excluding hydrogens is 256 g/mol. The lowest BCUT2D eigenvalue weighted by Crippen LogP contribution is -2.62. The number of nitrogens with zero attached hydrogens (tertiary/aromatic N) is 1. The van der Waals surface area contributed by atoms with Gasteiger partial charge in [-0.2, -0.15) is 0 Å². The van der Waals surface area contributed by atoms with Crippen LogP contribution in [0.1, 0.15) is 59.8 Å². The third-order valence-corrected chi connectivity index (χ3v) is 3.98. The summed E-state index contributed by atoms with van der Waals surface area (Å²) in [5.74, 6) is 0.748. The van der Waals surface area contributed by atoms with Gasteiger partial charge in [-0.1, -0.05) is 18.5 Å². The highest BCUT2D eigenvalue weighted by Crippen LogP contribution is 2.34. The van der Waals surface area contributed by atoms with E-state index in [1.165, 1.54) is 0 Å². The van der Waals surface area contributed by atoms with E-state index in [0.717, 1.165) is 19.3 Å². The zero-order valence-electron chi connectivity index (χ0n) is 13.0. The van der Waals surface area contributed by atoms with Gasteiger partial charge in [-0.15, -0.1) is 0 Å². The van der Waals surface area contributed by atoms with Gasteiger partial charge in [0, 0.05) is 5.54 Å². The predicted octanol–water partition coefficient (Wildman–Crippen LogP) is 2.17. The van der Waals surface area contributed by atoms with Crippen LogP contribution < -0.4 is 16.4 Å². The maximum Gasteiger partial charge on any atom is 0.316 e. The SMILES string of the molecule is CCC1CCC(NC(=O)NC(C)(C)C)(/C(N)=N/O)CC1. The summed E-state index contributed by atoms with van der Waals surface area (Å²) < 4.78 is 0. The first-order chi connectivity index (χ1) is 9.22. The number of hydrogen-bond donors (Lipinski definition) is 4. The van der Waals surface area contributed by atoms with Crippen LogP contribution in [0.2, 0.25) is 0 Å². The third-order valence-electron chi connectivity index (χ3n) is 3.98. The Labute approximate surface area is 121 Å². The number of hydrogen-bond acceptors (Lipinski definition) is 3. The summed E-state index contributed by atoms with van der Waals surface area (Å²) in [6.07, 6.45) is 4.49. The van der Waals surface area contributed by atoms with Crippen molar-refractivity contribution in [3.63, 3.8) is 0 Å². The number of carbonyl (C=O) groups excluding carboxylic acids is 1. The van der Waals surface area contributed by atoms with Gasteiger partial charge >= 0.3 is 6.03 Å². The van der Waals surface area contributed by atoms with Crippen LogP contribution in [0.25, 0.3) is 0 Å². The van der Waals surface area contributed by atoms with Crippen LogP contribution in [0.4, 0.5) is 4.79 Å². The maximum absolute atomic E-state index is 12.1. The molecule has 0 unspecified atom stereocenters. The van der Waals surface area contributed by atoms with E-state index < -0.39 is 5.54 Å². The molecule has 0 saturated heterocycles. The van der Waals surface area contributed by atoms with Gasteiger partial charge < -0.3 is 21.6 Å². The Bertz CT molecular complexity index is 366. The Balaban J connectivity index is 2.79. The molecule has 0 aromatic carbocycles. The Morgan fingerprint density at radius 1 is 1.40 bits per heavy atom. The number of carbonyl (C=O) groups is 1. The van der Waals surface area contributed by atoms with Gasteiger partial charge in [0.15, 0.2) is 5.84 Å². The van der Waals surface area contributed by atoms with Crippen molar-refractivity contribution >= 4 is 11.9 Å². The average molecular weight is 284 g/mol. The van der Waals surface area contributed by atoms with Crippen LogP contribution in [-0.2, 0) is 0 Å². The highest BCUT2D eigenvalue weighted by Gasteiger charge is 2.40. The zero-order valence-corrected chi connectivity index (χ0v) is 13.0. The molecule has 0 aliphatic heterocycles. The van der Waals surface area contributed by atoms with E-state index in [4.69, 9.17) is 10.9 Å². The smallest absolute Gasteiger partial charge is 0.316 e. The monoisotopic (exact) mass is 284 g/mol. The van der Waals surface area contributed by atoms with E-state index in [1.807, 2.05) is 20.8 Å². The van der Waals surface area contributed by atoms with Gasteiger partial charge in [0.2, 0.25) is 0 Å². The van der Waals surface area contributed by atoms with Crippen LogP contribution >= 0.6 is 0 Å². The molecule has 0 heterocycles. The fourth-order valence-electron chi connectivity index (χ4n) is 2.71. The summed E-state index contributed by atoms with van der Waals surface area (Å²) >= 11 is 0. The number of amides is 2. The highest BCUT2D eigenvalue weighted by atomic mass is 16.4. The number of rotatable bonds is 3. The lowest BCUT2D eigenvalue weighted by Gasteiger charge is -2.40. The summed E-state index contributed by atoms with van der Waals surface area (Å²) in [5, 5.41) is 17.9. The molecule has 1 rings (SSSR count). The lowest BCUT2D eigenvalue weighted by atomic mass is 9.75. The summed E-state index contributed by atoms with van der Waals surface area (Å²) in [6.45, 7) is 7.91. The zero-order chi connectivity index (χ0) is 15.4. The van der Waals surface area contributed by atoms with Crippen molar-refractivity contribution in [2.75, 3.05) is 0 Å². The van der Waals surface area contributed by atoms with E-state index in [9.17, 15) is 4.79 Å². The lowest BCUT2D eigenvalue weighted by molar-refractivity contribution is 0.201. The van der Waals surface area contributed by atoms with Crippen LogP contribution in [0.15, 0.2) is 5.16 Å². The second kappa shape index (κ2) is 6.33. The fraction of sp³-hybridized carbons (Fsp3) is 0.857. The predicted molar refractivity (Wildman–Crippen MR) is 79.8 cm³/mol. The summed E-state index contributed by atoms with van der Waals surface area (Å²) in [6, 6.07) is -0.279. The van der Waals surface area contributed by atoms with Gasteiger partial charge in [-0.05, 0) is 52.4 Å². The molecule has 0 aromatic heterocycles. The van der Waals surface area contributed by atoms with Crippen molar-refractivity contribution < 1.29 is 10.0 Å². The van der Waals surface area contributed by atoms with E-state index in [0.29, 0.717) is 18.8 Å². The molecular formula is C14H28N4O2. The normalized spacial score (nSPS) is 28.0. The van der Waals surface area contributed by atoms with Crippen molar-refractivity contribution in [3.05, 3.63) is 0 Å². The molecule has 20 heavy (non-hydrogen) atoms. The van der Waals surface area contributed by atoms with E-state index >= 15 is 0 Å². The summed E-state index contributed by atoms with van der Waals surface area (Å²) in [7, 11) is 0. The number of oxime groups is 1. The quantitative estimate of drug-likeness (QED) is 0.276. The van der Waals surface area contributed by atoms with Gasteiger partial charge in [0.25, 0.3) is 0 Å². The highest BCUT2D eigenvalue weighted by molar-refractivity contribution is 5.93. The van der Waals surface area contributed by atoms with Crippen LogP contribution in [-0.4, -0.2) is 28.2 Å². The molecule has 1 aliphatic rings. The second-order valence-corrected chi connectivity index (χ2v) is 6.75. The van der Waals surface area contributed by atoms with Crippen molar-refractivity contribution in [1.29, 1.82) is 0 Å². The minimum absolute atomic E-state index is 0.0936. The summed E-state index contributed by atoms with van der Waals surface area (Å²) in [5.41, 5.74) is 4.79. The minimum Gasteiger partial charge on any atom is -0.409 e. The summed E-state index contributed by atoms with van der Waals surface area (Å²) in [4.78, 5) is 12.1. The Morgan fingerprint density at radius 3 is 2.35 bits per heavy atom. The number of nitrogens with one attached hydrogen (secondary N) is 2. The maximum atomic E-state index is 12.1. The second-order valence-electron chi connectivity index (χ2n) is 6.75.